The molecule has 29 heteroatoms. The Hall–Kier alpha value is -8.09. The summed E-state index contributed by atoms with van der Waals surface area (Å²) in [5.41, 5.74) is 0.708. The molecule has 9 rings (SSSR count). The monoisotopic (exact) mass is 1330 g/mol. The van der Waals surface area contributed by atoms with Crippen molar-refractivity contribution in [1.82, 2.24) is 40.9 Å². The van der Waals surface area contributed by atoms with Gasteiger partial charge in [-0.3, -0.25) is 57.8 Å². The fourth-order valence-electron chi connectivity index (χ4n) is 12.4. The van der Waals surface area contributed by atoms with Gasteiger partial charge in [-0.15, -0.1) is 11.3 Å². The number of carbonyl (C=O) groups is 10. The molecule has 3 aromatic carbocycles. The van der Waals surface area contributed by atoms with E-state index < -0.39 is 132 Å². The van der Waals surface area contributed by atoms with Crippen LogP contribution in [0, 0.1) is 34.8 Å². The molecule has 4 fully saturated rings. The Morgan fingerprint density at radius 2 is 1.67 bits per heavy atom. The van der Waals surface area contributed by atoms with Crippen LogP contribution in [0.1, 0.15) is 140 Å². The van der Waals surface area contributed by atoms with Crippen LogP contribution in [0.5, 0.6) is 0 Å². The maximum atomic E-state index is 15.7. The number of piperidine rings is 2. The second-order valence-corrected chi connectivity index (χ2v) is 27.8. The van der Waals surface area contributed by atoms with Gasteiger partial charge in [-0.2, -0.15) is 8.78 Å². The molecule has 5 aliphatic rings. The van der Waals surface area contributed by atoms with Crippen LogP contribution in [-0.2, 0) is 66.1 Å². The van der Waals surface area contributed by atoms with Crippen LogP contribution in [0.15, 0.2) is 60.7 Å². The lowest BCUT2D eigenvalue weighted by Gasteiger charge is -2.38. The van der Waals surface area contributed by atoms with Crippen molar-refractivity contribution in [3.05, 3.63) is 105 Å². The van der Waals surface area contributed by atoms with Crippen LogP contribution in [0.3, 0.4) is 0 Å². The Morgan fingerprint density at radius 1 is 0.914 bits per heavy atom. The van der Waals surface area contributed by atoms with Gasteiger partial charge in [-0.25, -0.2) is 8.78 Å². The quantitative estimate of drug-likeness (QED) is 0.0211. The van der Waals surface area contributed by atoms with Gasteiger partial charge >= 0.3 is 19.2 Å². The zero-order chi connectivity index (χ0) is 67.3. The third-order valence-corrected chi connectivity index (χ3v) is 20.7. The fraction of sp³-hybridized carbons (Fsp3) is 0.500. The second-order valence-electron chi connectivity index (χ2n) is 24.8. The summed E-state index contributed by atoms with van der Waals surface area (Å²) in [7, 11) is -5.73. The highest BCUT2D eigenvalue weighted by molar-refractivity contribution is 7.53. The van der Waals surface area contributed by atoms with E-state index in [0.717, 1.165) is 35.6 Å². The first-order chi connectivity index (χ1) is 44.0. The van der Waals surface area contributed by atoms with Crippen molar-refractivity contribution in [1.29, 1.82) is 0 Å². The predicted octanol–water partition coefficient (Wildman–Crippen LogP) is 5.42. The standard InChI is InChI=1S/C64H74F4N9O14PS/c1-4-74-26-24-41-14-17-50(77(41)61(86)48(35-74)72-58(83)52-33-39-32-40(13-19-51(39)93-52)64(67,68)92(89,90)91-29-25-63(2,3)62(87)88)57(82)70-46(16-20-53(69)78)55(80)71-47(31-37-12-15-44(65)45(66)30-37)60(85)75-27-22-36(23-28-75)8-5-6-9-38-10-7-11-42-43(38)34-76(59(42)84)49-18-21-54(79)73-56(49)81/h7,10-13,15,19,30,32-33,36,41,46-50H,4-5,8,14,16-18,20-29,31,34-35H2,1-3H3,(H2,69,78)(H,70,82)(H,71,80)(H,72,83)(H,87,88)(H,89,90)(H,73,79,81)/t41-,46+,47+,48+,49?,50+/m1/s1. The number of aliphatic carboxylic acids is 1. The lowest BCUT2D eigenvalue weighted by Crippen LogP contribution is -2.62. The molecule has 5 aliphatic heterocycles. The number of fused-ring (bicyclic) bond motifs is 3. The van der Waals surface area contributed by atoms with E-state index in [9.17, 15) is 71.3 Å². The van der Waals surface area contributed by atoms with Crippen LogP contribution < -0.4 is 27.0 Å². The van der Waals surface area contributed by atoms with Crippen LogP contribution >= 0.6 is 18.9 Å². The van der Waals surface area contributed by atoms with Crippen LogP contribution in [0.4, 0.5) is 17.6 Å². The van der Waals surface area contributed by atoms with Gasteiger partial charge in [0.1, 0.15) is 30.2 Å². The molecule has 0 saturated carbocycles. The normalized spacial score (nSPS) is 21.1. The number of hydrogen-bond acceptors (Lipinski definition) is 14. The van der Waals surface area contributed by atoms with E-state index in [2.05, 4.69) is 33.1 Å². The van der Waals surface area contributed by atoms with Crippen molar-refractivity contribution in [2.75, 3.05) is 39.3 Å². The van der Waals surface area contributed by atoms with E-state index >= 15 is 8.78 Å². The molecule has 0 aliphatic carbocycles. The van der Waals surface area contributed by atoms with Crippen LogP contribution in [-0.4, -0.2) is 164 Å². The van der Waals surface area contributed by atoms with Gasteiger partial charge in [-0.1, -0.05) is 37.0 Å². The molecule has 4 aromatic rings. The van der Waals surface area contributed by atoms with Crippen molar-refractivity contribution in [3.8, 4) is 11.8 Å². The first kappa shape index (κ1) is 69.3. The number of nitrogens with one attached hydrogen (secondary N) is 4. The summed E-state index contributed by atoms with van der Waals surface area (Å²) in [5, 5.41) is 19.9. The second kappa shape index (κ2) is 29.0. The van der Waals surface area contributed by atoms with Crippen molar-refractivity contribution < 1.29 is 84.6 Å². The summed E-state index contributed by atoms with van der Waals surface area (Å²) < 4.78 is 78.1. The van der Waals surface area contributed by atoms with Crippen LogP contribution in [0.25, 0.3) is 10.1 Å². The first-order valence-electron chi connectivity index (χ1n) is 30.9. The van der Waals surface area contributed by atoms with E-state index in [4.69, 9.17) is 10.3 Å². The largest absolute Gasteiger partial charge is 0.481 e. The third-order valence-electron chi connectivity index (χ3n) is 18.1. The number of nitrogens with two attached hydrogens (primary N) is 1. The molecule has 0 radical (unpaired) electrons. The van der Waals surface area contributed by atoms with E-state index in [1.165, 1.54) is 41.8 Å². The average molecular weight is 1330 g/mol. The maximum Gasteiger partial charge on any atom is 0.401 e. The number of halogens is 4. The maximum absolute atomic E-state index is 15.7. The smallest absolute Gasteiger partial charge is 0.401 e. The molecule has 93 heavy (non-hydrogen) atoms. The molecule has 6 heterocycles. The number of primary amides is 1. The fourth-order valence-corrected chi connectivity index (χ4v) is 14.3. The van der Waals surface area contributed by atoms with Gasteiger partial charge in [0.2, 0.25) is 41.4 Å². The van der Waals surface area contributed by atoms with Crippen molar-refractivity contribution in [2.45, 2.75) is 153 Å². The molecular formula is C64H74F4N9O14PS. The van der Waals surface area contributed by atoms with Crippen molar-refractivity contribution in [3.63, 3.8) is 0 Å². The Morgan fingerprint density at radius 3 is 2.37 bits per heavy atom. The lowest BCUT2D eigenvalue weighted by atomic mass is 9.90. The van der Waals surface area contributed by atoms with Gasteiger partial charge in [0.15, 0.2) is 11.6 Å². The molecule has 23 nitrogen and oxygen atoms in total. The van der Waals surface area contributed by atoms with Gasteiger partial charge in [0.05, 0.1) is 16.9 Å². The molecule has 0 spiro atoms. The Labute approximate surface area is 537 Å². The van der Waals surface area contributed by atoms with E-state index in [0.29, 0.717) is 73.0 Å². The number of alkyl halides is 2. The van der Waals surface area contributed by atoms with Gasteiger partial charge in [0, 0.05) is 85.8 Å². The summed E-state index contributed by atoms with van der Waals surface area (Å²) in [6.07, 6.45) is 2.10. The SMILES string of the molecule is CCN1CC[C@H]2CC[C@@H](C(=O)N[C@@H](CCC(N)=O)C(=O)N[C@@H](Cc3ccc(F)c(F)c3)C(=O)N3CCC(CCC#Cc4cccc5c4CN(C4CCC(=O)NC4=O)C5=O)CC3)N2C(=O)[C@@H](NC(=O)c2cc3cc(C(F)(F)P(=O)(O)OCCC(C)(C)C(=O)O)ccc3s2)C1. The Balaban J connectivity index is 0.850. The van der Waals surface area contributed by atoms with E-state index in [1.807, 2.05) is 11.8 Å². The van der Waals surface area contributed by atoms with Crippen molar-refractivity contribution in [2.24, 2.45) is 17.1 Å². The lowest BCUT2D eigenvalue weighted by molar-refractivity contribution is -0.147. The number of imide groups is 1. The number of thiophene rings is 1. The summed E-state index contributed by atoms with van der Waals surface area (Å²) in [6.45, 7) is 5.33. The average Bonchev–Trinajstić information content (AvgIpc) is 1.71. The van der Waals surface area contributed by atoms with Gasteiger partial charge in [-0.05, 0) is 143 Å². The molecule has 4 saturated heterocycles. The number of likely N-dealkylation sites (tertiary alicyclic amines) is 1. The zero-order valence-corrected chi connectivity index (χ0v) is 53.2. The highest BCUT2D eigenvalue weighted by atomic mass is 32.1. The number of benzene rings is 3. The predicted molar refractivity (Wildman–Crippen MR) is 329 cm³/mol. The number of carboxylic acid groups (broad SMARTS) is 1. The number of nitrogens with zero attached hydrogens (tertiary/aromatic N) is 4. The summed E-state index contributed by atoms with van der Waals surface area (Å²) in [6, 6.07) is 5.94. The van der Waals surface area contributed by atoms with Crippen molar-refractivity contribution >= 4 is 88.2 Å². The molecule has 8 N–H and O–H groups in total. The molecule has 0 bridgehead atoms. The molecule has 9 amide bonds. The number of rotatable bonds is 23. The minimum Gasteiger partial charge on any atom is -0.481 e. The van der Waals surface area contributed by atoms with E-state index in [-0.39, 0.29) is 98.3 Å². The van der Waals surface area contributed by atoms with Gasteiger partial charge in [0.25, 0.3) is 11.8 Å². The Bertz CT molecular complexity index is 3740. The number of carbonyl (C=O) groups excluding carboxylic acids is 9. The minimum atomic E-state index is -5.73. The minimum absolute atomic E-state index is 0.00299. The molecule has 7 atom stereocenters. The Kier molecular flexibility index (Phi) is 21.6. The van der Waals surface area contributed by atoms with Crippen LogP contribution in [0.2, 0.25) is 0 Å². The van der Waals surface area contributed by atoms with Gasteiger partial charge < -0.3 is 55.8 Å². The molecule has 1 aromatic heterocycles. The third kappa shape index (κ3) is 15.9. The molecular weight excluding hydrogens is 1260 g/mol. The highest BCUT2D eigenvalue weighted by Gasteiger charge is 2.53. The number of amides is 9. The number of hydrogen-bond donors (Lipinski definition) is 7. The summed E-state index contributed by atoms with van der Waals surface area (Å²) >= 11 is 0.893. The number of likely N-dealkylation sites (N-methyl/N-ethyl adjacent to an activating group) is 1. The highest BCUT2D eigenvalue weighted by Crippen LogP contribution is 2.63. The molecule has 498 valence electrons. The zero-order valence-electron chi connectivity index (χ0n) is 51.5. The first-order valence-corrected chi connectivity index (χ1v) is 33.3. The summed E-state index contributed by atoms with van der Waals surface area (Å²) in [5.74, 6) is -2.77. The topological polar surface area (TPSA) is 325 Å². The van der Waals surface area contributed by atoms with E-state index in [1.54, 1.807) is 23.1 Å². The summed E-state index contributed by atoms with van der Waals surface area (Å²) in [4.78, 5) is 151. The number of carboxylic acids is 1. The molecule has 2 unspecified atom stereocenters.